The van der Waals surface area contributed by atoms with Crippen LogP contribution in [0, 0.1) is 0 Å². The lowest BCUT2D eigenvalue weighted by atomic mass is 10.1. The summed E-state index contributed by atoms with van der Waals surface area (Å²) >= 11 is 0. The second-order valence-corrected chi connectivity index (χ2v) is 5.34. The summed E-state index contributed by atoms with van der Waals surface area (Å²) in [7, 11) is 1.60. The fourth-order valence-corrected chi connectivity index (χ4v) is 2.73. The predicted molar refractivity (Wildman–Crippen MR) is 88.4 cm³/mol. The lowest BCUT2D eigenvalue weighted by molar-refractivity contribution is -0.115. The Morgan fingerprint density at radius 1 is 1.32 bits per heavy atom. The third-order valence-corrected chi connectivity index (χ3v) is 3.78. The monoisotopic (exact) mass is 297 g/mol. The zero-order valence-electron chi connectivity index (χ0n) is 12.5. The molecule has 114 valence electrons. The Hall–Kier alpha value is -2.69. The molecule has 22 heavy (non-hydrogen) atoms. The number of benzene rings is 2. The van der Waals surface area contributed by atoms with Gasteiger partial charge in [0.25, 0.3) is 0 Å². The molecule has 0 fully saturated rings. The Morgan fingerprint density at radius 2 is 2.18 bits per heavy atom. The number of nitrogen functional groups attached to an aromatic ring is 1. The number of carbonyl (C=O) groups excluding carboxylic acids is 1. The maximum atomic E-state index is 12.2. The number of hydrogen-bond donors (Lipinski definition) is 2. The van der Waals surface area contributed by atoms with Gasteiger partial charge in [-0.05, 0) is 42.3 Å². The van der Waals surface area contributed by atoms with Crippen molar-refractivity contribution in [3.05, 3.63) is 48.0 Å². The molecule has 1 heterocycles. The Morgan fingerprint density at radius 3 is 3.00 bits per heavy atom. The summed E-state index contributed by atoms with van der Waals surface area (Å²) in [6.07, 6.45) is 0.923. The van der Waals surface area contributed by atoms with Crippen LogP contribution in [0.1, 0.15) is 5.56 Å². The van der Waals surface area contributed by atoms with Gasteiger partial charge in [-0.2, -0.15) is 0 Å². The van der Waals surface area contributed by atoms with Crippen LogP contribution < -0.4 is 20.7 Å². The third-order valence-electron chi connectivity index (χ3n) is 3.78. The highest BCUT2D eigenvalue weighted by atomic mass is 16.5. The average molecular weight is 297 g/mol. The first-order valence-electron chi connectivity index (χ1n) is 7.23. The topological polar surface area (TPSA) is 67.6 Å². The minimum Gasteiger partial charge on any atom is -0.497 e. The number of rotatable bonds is 4. The molecule has 0 aromatic heterocycles. The van der Waals surface area contributed by atoms with E-state index in [-0.39, 0.29) is 5.91 Å². The molecular weight excluding hydrogens is 278 g/mol. The number of nitrogens with two attached hydrogens (primary N) is 1. The highest BCUT2D eigenvalue weighted by Crippen LogP contribution is 2.29. The van der Waals surface area contributed by atoms with Crippen LogP contribution in [0.2, 0.25) is 0 Å². The Labute approximate surface area is 129 Å². The van der Waals surface area contributed by atoms with Gasteiger partial charge in [-0.15, -0.1) is 0 Å². The zero-order valence-corrected chi connectivity index (χ0v) is 12.5. The van der Waals surface area contributed by atoms with Gasteiger partial charge in [0.2, 0.25) is 5.91 Å². The van der Waals surface area contributed by atoms with Gasteiger partial charge < -0.3 is 20.7 Å². The summed E-state index contributed by atoms with van der Waals surface area (Å²) in [6.45, 7) is 1.17. The lowest BCUT2D eigenvalue weighted by Crippen LogP contribution is -2.31. The van der Waals surface area contributed by atoms with Crippen LogP contribution in [0.15, 0.2) is 42.5 Å². The molecule has 0 atom stereocenters. The Bertz CT molecular complexity index is 700. The Balaban J connectivity index is 1.66. The number of nitrogens with zero attached hydrogens (tertiary/aromatic N) is 1. The number of amides is 1. The van der Waals surface area contributed by atoms with Gasteiger partial charge in [0, 0.05) is 29.7 Å². The van der Waals surface area contributed by atoms with Crippen molar-refractivity contribution in [1.82, 2.24) is 0 Å². The van der Waals surface area contributed by atoms with Gasteiger partial charge in [-0.1, -0.05) is 6.07 Å². The van der Waals surface area contributed by atoms with Crippen LogP contribution in [-0.4, -0.2) is 26.1 Å². The average Bonchev–Trinajstić information content (AvgIpc) is 2.89. The second-order valence-electron chi connectivity index (χ2n) is 5.34. The number of nitrogens with one attached hydrogen (secondary N) is 1. The van der Waals surface area contributed by atoms with Gasteiger partial charge >= 0.3 is 0 Å². The number of ether oxygens (including phenoxy) is 1. The lowest BCUT2D eigenvalue weighted by Gasteiger charge is -2.19. The van der Waals surface area contributed by atoms with E-state index in [1.54, 1.807) is 13.2 Å². The smallest absolute Gasteiger partial charge is 0.243 e. The minimum atomic E-state index is -0.0436. The van der Waals surface area contributed by atoms with Crippen LogP contribution in [0.25, 0.3) is 0 Å². The summed E-state index contributed by atoms with van der Waals surface area (Å²) in [5.41, 5.74) is 9.60. The van der Waals surface area contributed by atoms with E-state index in [9.17, 15) is 4.79 Å². The third kappa shape index (κ3) is 2.98. The molecule has 5 heteroatoms. The van der Waals surface area contributed by atoms with Gasteiger partial charge in [-0.25, -0.2) is 0 Å². The summed E-state index contributed by atoms with van der Waals surface area (Å²) in [5, 5.41) is 2.90. The summed E-state index contributed by atoms with van der Waals surface area (Å²) < 4.78 is 5.15. The fraction of sp³-hybridized carbons (Fsp3) is 0.235. The first-order valence-corrected chi connectivity index (χ1v) is 7.23. The van der Waals surface area contributed by atoms with Gasteiger partial charge in [0.05, 0.1) is 13.7 Å². The molecule has 3 N–H and O–H groups in total. The molecule has 1 aliphatic rings. The number of carbonyl (C=O) groups is 1. The fourth-order valence-electron chi connectivity index (χ4n) is 2.73. The highest BCUT2D eigenvalue weighted by Gasteiger charge is 2.21. The summed E-state index contributed by atoms with van der Waals surface area (Å²) in [5.74, 6) is 0.678. The van der Waals surface area contributed by atoms with Crippen molar-refractivity contribution in [2.75, 3.05) is 36.1 Å². The van der Waals surface area contributed by atoms with E-state index in [1.807, 2.05) is 36.4 Å². The van der Waals surface area contributed by atoms with Crippen molar-refractivity contribution in [2.45, 2.75) is 6.42 Å². The highest BCUT2D eigenvalue weighted by molar-refractivity contribution is 5.94. The number of anilines is 3. The molecule has 0 saturated carbocycles. The molecule has 0 unspecified atom stereocenters. The maximum Gasteiger partial charge on any atom is 0.243 e. The predicted octanol–water partition coefficient (Wildman–Crippen LogP) is 2.28. The Kier molecular flexibility index (Phi) is 3.87. The van der Waals surface area contributed by atoms with Gasteiger partial charge in [0.1, 0.15) is 5.75 Å². The second kappa shape index (κ2) is 5.97. The van der Waals surface area contributed by atoms with E-state index in [0.29, 0.717) is 6.54 Å². The van der Waals surface area contributed by atoms with E-state index in [4.69, 9.17) is 10.5 Å². The number of fused-ring (bicyclic) bond motifs is 1. The largest absolute Gasteiger partial charge is 0.497 e. The number of hydrogen-bond acceptors (Lipinski definition) is 4. The van der Waals surface area contributed by atoms with Crippen LogP contribution >= 0.6 is 0 Å². The molecule has 0 aliphatic carbocycles. The van der Waals surface area contributed by atoms with Crippen molar-refractivity contribution < 1.29 is 9.53 Å². The SMILES string of the molecule is COc1cccc(NC(=O)CN2CCc3cc(N)ccc32)c1. The van der Waals surface area contributed by atoms with Crippen molar-refractivity contribution in [3.63, 3.8) is 0 Å². The van der Waals surface area contributed by atoms with Crippen LogP contribution in [0.3, 0.4) is 0 Å². The van der Waals surface area contributed by atoms with E-state index in [1.165, 1.54) is 5.56 Å². The summed E-state index contributed by atoms with van der Waals surface area (Å²) in [4.78, 5) is 14.3. The van der Waals surface area contributed by atoms with Crippen molar-refractivity contribution in [3.8, 4) is 5.75 Å². The molecule has 2 aromatic rings. The summed E-state index contributed by atoms with van der Waals surface area (Å²) in [6, 6.07) is 13.2. The van der Waals surface area contributed by atoms with Crippen molar-refractivity contribution in [1.29, 1.82) is 0 Å². The molecular formula is C17H19N3O2. The molecule has 0 bridgehead atoms. The standard InChI is InChI=1S/C17H19N3O2/c1-22-15-4-2-3-14(10-15)19-17(21)11-20-8-7-12-9-13(18)5-6-16(12)20/h2-6,9-10H,7-8,11,18H2,1H3,(H,19,21). The minimum absolute atomic E-state index is 0.0436. The number of methoxy groups -OCH3 is 1. The first kappa shape index (κ1) is 14.3. The zero-order chi connectivity index (χ0) is 15.5. The quantitative estimate of drug-likeness (QED) is 0.850. The molecule has 2 aromatic carbocycles. The van der Waals surface area contributed by atoms with E-state index < -0.39 is 0 Å². The van der Waals surface area contributed by atoms with Gasteiger partial charge in [-0.3, -0.25) is 4.79 Å². The van der Waals surface area contributed by atoms with Crippen molar-refractivity contribution >= 4 is 23.0 Å². The molecule has 0 spiro atoms. The van der Waals surface area contributed by atoms with Crippen LogP contribution in [0.5, 0.6) is 5.75 Å². The molecule has 0 saturated heterocycles. The normalized spacial score (nSPS) is 12.9. The van der Waals surface area contributed by atoms with Gasteiger partial charge in [0.15, 0.2) is 0 Å². The van der Waals surface area contributed by atoms with E-state index in [2.05, 4.69) is 10.2 Å². The molecule has 1 aliphatic heterocycles. The molecule has 0 radical (unpaired) electrons. The van der Waals surface area contributed by atoms with Crippen molar-refractivity contribution in [2.24, 2.45) is 0 Å². The molecule has 1 amide bonds. The first-order chi connectivity index (χ1) is 10.7. The van der Waals surface area contributed by atoms with E-state index >= 15 is 0 Å². The molecule has 3 rings (SSSR count). The van der Waals surface area contributed by atoms with Crippen LogP contribution in [0.4, 0.5) is 17.1 Å². The molecule has 5 nitrogen and oxygen atoms in total. The maximum absolute atomic E-state index is 12.2. The van der Waals surface area contributed by atoms with Crippen LogP contribution in [-0.2, 0) is 11.2 Å². The van der Waals surface area contributed by atoms with E-state index in [0.717, 1.165) is 35.8 Å².